The maximum atomic E-state index is 10.8. The van der Waals surface area contributed by atoms with Gasteiger partial charge in [0, 0.05) is 54.8 Å². The molecule has 8 nitrogen and oxygen atoms in total. The van der Waals surface area contributed by atoms with E-state index >= 15 is 0 Å². The number of phenols is 1. The first kappa shape index (κ1) is 35.5. The first-order chi connectivity index (χ1) is 22.8. The van der Waals surface area contributed by atoms with Gasteiger partial charge in [0.25, 0.3) is 0 Å². The van der Waals surface area contributed by atoms with E-state index in [9.17, 15) is 15.3 Å². The lowest BCUT2D eigenvalue weighted by Crippen LogP contribution is -2.44. The van der Waals surface area contributed by atoms with Crippen molar-refractivity contribution in [2.45, 2.75) is 134 Å². The molecule has 2 saturated carbocycles. The van der Waals surface area contributed by atoms with E-state index in [-0.39, 0.29) is 30.0 Å². The molecule has 2 heterocycles. The van der Waals surface area contributed by atoms with Gasteiger partial charge in [0.15, 0.2) is 11.5 Å². The monoisotopic (exact) mass is 649 g/mol. The summed E-state index contributed by atoms with van der Waals surface area (Å²) in [6.07, 6.45) is 16.1. The number of ether oxygens (including phenoxy) is 1. The van der Waals surface area contributed by atoms with Gasteiger partial charge in [-0.1, -0.05) is 45.1 Å². The molecule has 0 radical (unpaired) electrons. The van der Waals surface area contributed by atoms with Crippen molar-refractivity contribution in [3.63, 3.8) is 0 Å². The Morgan fingerprint density at radius 3 is 2.55 bits per heavy atom. The molecule has 0 aliphatic heterocycles. The van der Waals surface area contributed by atoms with Crippen LogP contribution in [0.1, 0.15) is 131 Å². The zero-order valence-electron chi connectivity index (χ0n) is 29.0. The predicted molar refractivity (Wildman–Crippen MR) is 187 cm³/mol. The lowest BCUT2D eigenvalue weighted by atomic mass is 9.85. The van der Waals surface area contributed by atoms with E-state index < -0.39 is 0 Å². The van der Waals surface area contributed by atoms with Crippen LogP contribution in [0.5, 0.6) is 11.5 Å². The molecule has 0 amide bonds. The van der Waals surface area contributed by atoms with E-state index in [4.69, 9.17) is 9.15 Å². The Bertz CT molecular complexity index is 1370. The van der Waals surface area contributed by atoms with Crippen molar-refractivity contribution in [1.82, 2.24) is 15.6 Å². The Morgan fingerprint density at radius 2 is 1.83 bits per heavy atom. The Labute approximate surface area is 281 Å². The number of benzene rings is 1. The molecular formula is C39H59N3O5. The van der Waals surface area contributed by atoms with Gasteiger partial charge in [-0.3, -0.25) is 0 Å². The number of hydrogen-bond acceptors (Lipinski definition) is 7. The van der Waals surface area contributed by atoms with Crippen molar-refractivity contribution in [3.05, 3.63) is 70.4 Å². The maximum Gasteiger partial charge on any atom is 0.161 e. The molecule has 3 unspecified atom stereocenters. The van der Waals surface area contributed by atoms with E-state index in [1.165, 1.54) is 44.1 Å². The van der Waals surface area contributed by atoms with Crippen LogP contribution in [0.2, 0.25) is 0 Å². The standard InChI is InChI=1S/C39H59N3O5/c1-4-5-12-37-31(25-43)20-32(47-37)15-13-28-14-16-36(45)38(19-28)46-26-35(42-39(3)17-8-9-18-39)34-21-30(23-41-34)33(24-40-22-27(2)44)29-10-6-7-11-29/h14,16,19-21,23,27,29,33,35,40-45H,4-13,15,17-18,22,24-26H2,1-3H3. The summed E-state index contributed by atoms with van der Waals surface area (Å²) in [5, 5.41) is 37.9. The van der Waals surface area contributed by atoms with Gasteiger partial charge >= 0.3 is 0 Å². The minimum atomic E-state index is -0.360. The molecule has 260 valence electrons. The molecule has 5 rings (SSSR count). The Morgan fingerprint density at radius 1 is 1.04 bits per heavy atom. The summed E-state index contributed by atoms with van der Waals surface area (Å²) in [7, 11) is 0. The van der Waals surface area contributed by atoms with Crippen molar-refractivity contribution in [1.29, 1.82) is 0 Å². The van der Waals surface area contributed by atoms with Gasteiger partial charge < -0.3 is 40.1 Å². The molecule has 2 aromatic heterocycles. The lowest BCUT2D eigenvalue weighted by molar-refractivity contribution is 0.189. The van der Waals surface area contributed by atoms with Gasteiger partial charge in [-0.25, -0.2) is 0 Å². The van der Waals surface area contributed by atoms with Gasteiger partial charge in [0.1, 0.15) is 18.1 Å². The third-order valence-electron chi connectivity index (χ3n) is 10.5. The van der Waals surface area contributed by atoms with Crippen LogP contribution in [0.4, 0.5) is 0 Å². The SMILES string of the molecule is CCCCc1oc(CCc2ccc(O)c(OCC(NC3(C)CCCC3)c3cc(C(CNCC(C)O)C4CCCC4)c[nH]3)c2)cc1CO. The zero-order chi connectivity index (χ0) is 33.2. The smallest absolute Gasteiger partial charge is 0.161 e. The normalized spacial score (nSPS) is 18.5. The summed E-state index contributed by atoms with van der Waals surface area (Å²) in [4.78, 5) is 3.61. The number of nitrogens with one attached hydrogen (secondary N) is 3. The van der Waals surface area contributed by atoms with Gasteiger partial charge in [-0.05, 0) is 93.7 Å². The van der Waals surface area contributed by atoms with Crippen LogP contribution in [0, 0.1) is 5.92 Å². The molecule has 3 aromatic rings. The average molecular weight is 650 g/mol. The number of aromatic nitrogens is 1. The number of furan rings is 1. The topological polar surface area (TPSA) is 123 Å². The third-order valence-corrected chi connectivity index (χ3v) is 10.5. The Kier molecular flexibility index (Phi) is 12.9. The molecule has 1 aromatic carbocycles. The fraction of sp³-hybridized carbons (Fsp3) is 0.641. The highest BCUT2D eigenvalue weighted by molar-refractivity contribution is 5.42. The van der Waals surface area contributed by atoms with Gasteiger partial charge in [-0.2, -0.15) is 0 Å². The Balaban J connectivity index is 1.28. The van der Waals surface area contributed by atoms with E-state index in [2.05, 4.69) is 41.7 Å². The predicted octanol–water partition coefficient (Wildman–Crippen LogP) is 7.22. The maximum absolute atomic E-state index is 10.8. The van der Waals surface area contributed by atoms with Gasteiger partial charge in [0.05, 0.1) is 18.8 Å². The van der Waals surface area contributed by atoms with Crippen LogP contribution < -0.4 is 15.4 Å². The molecule has 3 atom stereocenters. The fourth-order valence-corrected chi connectivity index (χ4v) is 7.74. The summed E-state index contributed by atoms with van der Waals surface area (Å²) < 4.78 is 12.5. The summed E-state index contributed by atoms with van der Waals surface area (Å²) in [6, 6.07) is 9.85. The molecular weight excluding hydrogens is 590 g/mol. The van der Waals surface area contributed by atoms with Crippen molar-refractivity contribution >= 4 is 0 Å². The first-order valence-electron chi connectivity index (χ1n) is 18.3. The van der Waals surface area contributed by atoms with Crippen LogP contribution in [0.15, 0.2) is 40.9 Å². The zero-order valence-corrected chi connectivity index (χ0v) is 29.0. The number of unbranched alkanes of at least 4 members (excludes halogenated alkanes) is 1. The van der Waals surface area contributed by atoms with Crippen LogP contribution in [0.3, 0.4) is 0 Å². The summed E-state index contributed by atoms with van der Waals surface area (Å²) in [6.45, 7) is 8.15. The van der Waals surface area contributed by atoms with Crippen LogP contribution in [-0.2, 0) is 25.9 Å². The molecule has 2 aliphatic rings. The van der Waals surface area contributed by atoms with Gasteiger partial charge in [0.2, 0.25) is 0 Å². The van der Waals surface area contributed by atoms with Crippen LogP contribution in [-0.4, -0.2) is 51.6 Å². The van der Waals surface area contributed by atoms with Crippen LogP contribution >= 0.6 is 0 Å². The van der Waals surface area contributed by atoms with Crippen molar-refractivity contribution < 1.29 is 24.5 Å². The number of hydrogen-bond donors (Lipinski definition) is 6. The third kappa shape index (κ3) is 9.88. The second-order valence-electron chi connectivity index (χ2n) is 14.5. The number of aryl methyl sites for hydroxylation is 3. The fourth-order valence-electron chi connectivity index (χ4n) is 7.74. The minimum Gasteiger partial charge on any atom is -0.504 e. The molecule has 0 saturated heterocycles. The van der Waals surface area contributed by atoms with E-state index in [0.29, 0.717) is 37.2 Å². The number of aromatic amines is 1. The second-order valence-corrected chi connectivity index (χ2v) is 14.5. The van der Waals surface area contributed by atoms with Crippen molar-refractivity contribution in [2.75, 3.05) is 19.7 Å². The van der Waals surface area contributed by atoms with E-state index in [1.807, 2.05) is 25.1 Å². The number of phenolic OH excluding ortho intramolecular Hbond substituents is 1. The number of rotatable bonds is 19. The number of aliphatic hydroxyl groups excluding tert-OH is 2. The van der Waals surface area contributed by atoms with E-state index in [1.54, 1.807) is 6.07 Å². The first-order valence-corrected chi connectivity index (χ1v) is 18.3. The van der Waals surface area contributed by atoms with E-state index in [0.717, 1.165) is 73.4 Å². The van der Waals surface area contributed by atoms with Crippen molar-refractivity contribution in [3.8, 4) is 11.5 Å². The lowest BCUT2D eigenvalue weighted by Gasteiger charge is -2.31. The second kappa shape index (κ2) is 17.0. The Hall–Kier alpha value is -2.78. The largest absolute Gasteiger partial charge is 0.504 e. The highest BCUT2D eigenvalue weighted by Crippen LogP contribution is 2.39. The number of aliphatic hydroxyl groups is 2. The molecule has 0 bridgehead atoms. The summed E-state index contributed by atoms with van der Waals surface area (Å²) in [5.41, 5.74) is 4.42. The molecule has 6 N–H and O–H groups in total. The minimum absolute atomic E-state index is 0.00256. The highest BCUT2D eigenvalue weighted by Gasteiger charge is 2.33. The molecule has 2 fully saturated rings. The van der Waals surface area contributed by atoms with Gasteiger partial charge in [-0.15, -0.1) is 0 Å². The summed E-state index contributed by atoms with van der Waals surface area (Å²) >= 11 is 0. The van der Waals surface area contributed by atoms with Crippen molar-refractivity contribution in [2.24, 2.45) is 5.92 Å². The number of H-pyrrole nitrogens is 1. The highest BCUT2D eigenvalue weighted by atomic mass is 16.5. The van der Waals surface area contributed by atoms with Crippen LogP contribution in [0.25, 0.3) is 0 Å². The molecule has 2 aliphatic carbocycles. The quantitative estimate of drug-likeness (QED) is 0.0811. The summed E-state index contributed by atoms with van der Waals surface area (Å²) in [5.74, 6) is 3.45. The molecule has 0 spiro atoms. The molecule has 8 heteroatoms. The average Bonchev–Trinajstić information content (AvgIpc) is 3.88. The molecule has 47 heavy (non-hydrogen) atoms. The number of aromatic hydroxyl groups is 1.